The van der Waals surface area contributed by atoms with Gasteiger partial charge in [-0.25, -0.2) is 8.78 Å². The van der Waals surface area contributed by atoms with Gasteiger partial charge in [-0.2, -0.15) is 0 Å². The molecule has 0 aromatic heterocycles. The number of aryl methyl sites for hydroxylation is 1. The minimum absolute atomic E-state index is 0.00973. The second-order valence-electron chi connectivity index (χ2n) is 6.68. The number of alkyl halides is 2. The minimum Gasteiger partial charge on any atom is -0.386 e. The van der Waals surface area contributed by atoms with Crippen LogP contribution in [0.3, 0.4) is 0 Å². The van der Waals surface area contributed by atoms with Crippen molar-refractivity contribution in [3.8, 4) is 0 Å². The third-order valence-electron chi connectivity index (χ3n) is 4.48. The molecule has 1 saturated carbocycles. The molecule has 2 amide bonds. The summed E-state index contributed by atoms with van der Waals surface area (Å²) in [5, 5.41) is 7.70. The van der Waals surface area contributed by atoms with Crippen molar-refractivity contribution in [3.63, 3.8) is 0 Å². The van der Waals surface area contributed by atoms with E-state index in [1.165, 1.54) is 13.1 Å². The number of rotatable bonds is 5. The summed E-state index contributed by atoms with van der Waals surface area (Å²) in [7, 11) is 1.46. The van der Waals surface area contributed by atoms with E-state index in [4.69, 9.17) is 34.8 Å². The lowest BCUT2D eigenvalue weighted by molar-refractivity contribution is -0.117. The third-order valence-corrected chi connectivity index (χ3v) is 5.82. The van der Waals surface area contributed by atoms with Gasteiger partial charge in [0, 0.05) is 18.8 Å². The fraction of sp³-hybridized carbons (Fsp3) is 0.263. The molecule has 0 aliphatic heterocycles. The topological polar surface area (TPSA) is 70.2 Å². The molecule has 0 spiro atoms. The van der Waals surface area contributed by atoms with Gasteiger partial charge in [0.2, 0.25) is 5.91 Å². The predicted molar refractivity (Wildman–Crippen MR) is 111 cm³/mol. The number of benzene rings is 2. The Bertz CT molecular complexity index is 1010. The van der Waals surface area contributed by atoms with E-state index < -0.39 is 27.8 Å². The van der Waals surface area contributed by atoms with Crippen molar-refractivity contribution in [1.29, 1.82) is 0 Å². The van der Waals surface area contributed by atoms with E-state index in [2.05, 4.69) is 16.0 Å². The van der Waals surface area contributed by atoms with Crippen molar-refractivity contribution in [1.82, 2.24) is 0 Å². The van der Waals surface area contributed by atoms with E-state index in [1.54, 1.807) is 13.0 Å². The first-order valence-corrected chi connectivity index (χ1v) is 9.64. The second kappa shape index (κ2) is 7.97. The molecule has 1 fully saturated rings. The van der Waals surface area contributed by atoms with Crippen molar-refractivity contribution in [3.05, 3.63) is 52.0 Å². The standard InChI is InChI=1S/C19H16Cl3F2N3O2/c1-8-3-9(26-18(29)11-7-19(11,21)22)4-10(16(8)20)17(28)27-15-6-14(25-2)12(23)5-13(15)24/h3-6,11,25H,7H2,1-2H3,(H,26,29)(H,27,28)/t11-/m1/s1. The summed E-state index contributed by atoms with van der Waals surface area (Å²) in [6.45, 7) is 1.65. The molecule has 1 atom stereocenters. The SMILES string of the molecule is CNc1cc(NC(=O)c2cc(NC(=O)[C@H]3CC3(Cl)Cl)cc(C)c2Cl)c(F)cc1F. The molecular formula is C19H16Cl3F2N3O2. The molecule has 0 radical (unpaired) electrons. The van der Waals surface area contributed by atoms with Gasteiger partial charge in [0.25, 0.3) is 5.91 Å². The molecule has 1 aliphatic carbocycles. The van der Waals surface area contributed by atoms with Crippen molar-refractivity contribution in [2.45, 2.75) is 17.7 Å². The average molecular weight is 463 g/mol. The van der Waals surface area contributed by atoms with Crippen LogP contribution in [0.15, 0.2) is 24.3 Å². The highest BCUT2D eigenvalue weighted by Gasteiger charge is 2.56. The van der Waals surface area contributed by atoms with E-state index in [-0.39, 0.29) is 27.9 Å². The number of carbonyl (C=O) groups is 2. The number of carbonyl (C=O) groups excluding carboxylic acids is 2. The number of amides is 2. The van der Waals surface area contributed by atoms with Crippen LogP contribution >= 0.6 is 34.8 Å². The fourth-order valence-electron chi connectivity index (χ4n) is 2.76. The molecule has 0 saturated heterocycles. The fourth-order valence-corrected chi connectivity index (χ4v) is 3.46. The first-order chi connectivity index (χ1) is 13.5. The lowest BCUT2D eigenvalue weighted by Gasteiger charge is -2.13. The zero-order valence-corrected chi connectivity index (χ0v) is 17.6. The van der Waals surface area contributed by atoms with Gasteiger partial charge in [-0.1, -0.05) is 11.6 Å². The quantitative estimate of drug-likeness (QED) is 0.524. The zero-order chi connectivity index (χ0) is 21.5. The Kier molecular flexibility index (Phi) is 5.94. The van der Waals surface area contributed by atoms with Crippen molar-refractivity contribution in [2.75, 3.05) is 23.0 Å². The lowest BCUT2D eigenvalue weighted by atomic mass is 10.1. The Morgan fingerprint density at radius 1 is 1.07 bits per heavy atom. The molecule has 0 unspecified atom stereocenters. The molecule has 3 rings (SSSR count). The Morgan fingerprint density at radius 2 is 1.69 bits per heavy atom. The molecule has 29 heavy (non-hydrogen) atoms. The van der Waals surface area contributed by atoms with E-state index in [0.717, 1.165) is 6.07 Å². The Morgan fingerprint density at radius 3 is 2.28 bits per heavy atom. The van der Waals surface area contributed by atoms with Crippen LogP contribution in [0.2, 0.25) is 5.02 Å². The summed E-state index contributed by atoms with van der Waals surface area (Å²) in [4.78, 5) is 24.9. The number of nitrogens with one attached hydrogen (secondary N) is 3. The predicted octanol–water partition coefficient (Wildman–Crippen LogP) is 5.35. The Hall–Kier alpha value is -2.09. The summed E-state index contributed by atoms with van der Waals surface area (Å²) in [5.74, 6) is -3.39. The first-order valence-electron chi connectivity index (χ1n) is 8.50. The van der Waals surface area contributed by atoms with E-state index in [1.807, 2.05) is 0 Å². The van der Waals surface area contributed by atoms with Gasteiger partial charge in [-0.05, 0) is 37.1 Å². The maximum Gasteiger partial charge on any atom is 0.257 e. The number of anilines is 3. The van der Waals surface area contributed by atoms with Gasteiger partial charge in [0.1, 0.15) is 16.0 Å². The van der Waals surface area contributed by atoms with Crippen LogP contribution in [0, 0.1) is 24.5 Å². The van der Waals surface area contributed by atoms with Crippen LogP contribution in [0.25, 0.3) is 0 Å². The van der Waals surface area contributed by atoms with E-state index in [0.29, 0.717) is 23.7 Å². The minimum atomic E-state index is -1.09. The summed E-state index contributed by atoms with van der Waals surface area (Å²) < 4.78 is 26.6. The summed E-state index contributed by atoms with van der Waals surface area (Å²) >= 11 is 18.0. The molecule has 3 N–H and O–H groups in total. The highest BCUT2D eigenvalue weighted by atomic mass is 35.5. The zero-order valence-electron chi connectivity index (χ0n) is 15.3. The number of halogens is 5. The second-order valence-corrected chi connectivity index (χ2v) is 8.60. The van der Waals surface area contributed by atoms with Crippen LogP contribution in [0.4, 0.5) is 25.8 Å². The first kappa shape index (κ1) is 21.6. The van der Waals surface area contributed by atoms with Gasteiger partial charge >= 0.3 is 0 Å². The highest BCUT2D eigenvalue weighted by Crippen LogP contribution is 2.53. The van der Waals surface area contributed by atoms with E-state index >= 15 is 0 Å². The lowest BCUT2D eigenvalue weighted by Crippen LogP contribution is -2.19. The maximum absolute atomic E-state index is 14.0. The molecule has 2 aromatic rings. The van der Waals surface area contributed by atoms with Crippen molar-refractivity contribution in [2.24, 2.45) is 5.92 Å². The summed E-state index contributed by atoms with van der Waals surface area (Å²) in [6, 6.07) is 4.73. The smallest absolute Gasteiger partial charge is 0.257 e. The number of hydrogen-bond acceptors (Lipinski definition) is 3. The molecule has 1 aliphatic rings. The normalized spacial score (nSPS) is 16.9. The molecule has 0 heterocycles. The maximum atomic E-state index is 14.0. The Labute approximate surface area is 180 Å². The molecule has 2 aromatic carbocycles. The van der Waals surface area contributed by atoms with E-state index in [9.17, 15) is 18.4 Å². The summed E-state index contributed by atoms with van der Waals surface area (Å²) in [6.07, 6.45) is 0.333. The van der Waals surface area contributed by atoms with Crippen LogP contribution in [-0.4, -0.2) is 23.2 Å². The van der Waals surface area contributed by atoms with Gasteiger partial charge in [-0.15, -0.1) is 23.2 Å². The molecule has 5 nitrogen and oxygen atoms in total. The highest BCUT2D eigenvalue weighted by molar-refractivity contribution is 6.52. The van der Waals surface area contributed by atoms with Gasteiger partial charge in [0.15, 0.2) is 0 Å². The van der Waals surface area contributed by atoms with Crippen LogP contribution in [-0.2, 0) is 4.79 Å². The largest absolute Gasteiger partial charge is 0.386 e. The Balaban J connectivity index is 1.85. The van der Waals surface area contributed by atoms with Gasteiger partial charge in [0.05, 0.1) is 27.9 Å². The van der Waals surface area contributed by atoms with Crippen LogP contribution in [0.1, 0.15) is 22.3 Å². The molecular weight excluding hydrogens is 447 g/mol. The molecule has 10 heteroatoms. The van der Waals surface area contributed by atoms with Gasteiger partial charge < -0.3 is 16.0 Å². The van der Waals surface area contributed by atoms with Crippen LogP contribution in [0.5, 0.6) is 0 Å². The van der Waals surface area contributed by atoms with Crippen LogP contribution < -0.4 is 16.0 Å². The monoisotopic (exact) mass is 461 g/mol. The average Bonchev–Trinajstić information content (AvgIpc) is 3.28. The van der Waals surface area contributed by atoms with Crippen molar-refractivity contribution < 1.29 is 18.4 Å². The van der Waals surface area contributed by atoms with Crippen molar-refractivity contribution >= 4 is 63.7 Å². The number of hydrogen-bond donors (Lipinski definition) is 3. The molecule has 154 valence electrons. The van der Waals surface area contributed by atoms with Gasteiger partial charge in [-0.3, -0.25) is 9.59 Å². The molecule has 0 bridgehead atoms. The summed E-state index contributed by atoms with van der Waals surface area (Å²) in [5.41, 5.74) is 0.629. The third kappa shape index (κ3) is 4.57.